The van der Waals surface area contributed by atoms with Gasteiger partial charge in [0, 0.05) is 0 Å². The highest BCUT2D eigenvalue weighted by atomic mass is 19.4. The lowest BCUT2D eigenvalue weighted by Crippen LogP contribution is -2.32. The van der Waals surface area contributed by atoms with Gasteiger partial charge in [0.15, 0.2) is 5.92 Å². The molecule has 1 aromatic rings. The molecule has 0 saturated carbocycles. The van der Waals surface area contributed by atoms with Gasteiger partial charge >= 0.3 is 18.1 Å². The van der Waals surface area contributed by atoms with Crippen molar-refractivity contribution in [2.45, 2.75) is 19.5 Å². The fourth-order valence-corrected chi connectivity index (χ4v) is 1.57. The molecule has 1 aromatic carbocycles. The summed E-state index contributed by atoms with van der Waals surface area (Å²) in [4.78, 5) is 22.0. The number of carboxylic acid groups (broad SMARTS) is 1. The first-order valence-corrected chi connectivity index (χ1v) is 5.81. The zero-order valence-corrected chi connectivity index (χ0v) is 10.6. The maximum atomic E-state index is 12.5. The summed E-state index contributed by atoms with van der Waals surface area (Å²) >= 11 is 0. The molecule has 1 unspecified atom stereocenters. The molecule has 0 aliphatic carbocycles. The van der Waals surface area contributed by atoms with Gasteiger partial charge in [-0.2, -0.15) is 13.2 Å². The molecule has 0 amide bonds. The van der Waals surface area contributed by atoms with Gasteiger partial charge in [-0.15, -0.1) is 0 Å². The molecule has 0 fully saturated rings. The zero-order valence-electron chi connectivity index (χ0n) is 10.6. The summed E-state index contributed by atoms with van der Waals surface area (Å²) in [5.41, 5.74) is 0.386. The molecule has 0 bridgehead atoms. The highest BCUT2D eigenvalue weighted by Crippen LogP contribution is 2.29. The van der Waals surface area contributed by atoms with Crippen molar-refractivity contribution in [2.24, 2.45) is 5.92 Å². The first-order valence-electron chi connectivity index (χ1n) is 5.81. The van der Waals surface area contributed by atoms with Crippen molar-refractivity contribution >= 4 is 11.9 Å². The van der Waals surface area contributed by atoms with Gasteiger partial charge in [-0.3, -0.25) is 4.79 Å². The minimum absolute atomic E-state index is 0.183. The molecule has 0 spiro atoms. The standard InChI is InChI=1S/C13H13F3O4/c1-2-20-12(19)9-5-3-8(4-6-9)7-10(11(17)18)13(14,15)16/h3-6,10H,2,7H2,1H3,(H,17,18). The van der Waals surface area contributed by atoms with Crippen molar-refractivity contribution in [3.05, 3.63) is 35.4 Å². The highest BCUT2D eigenvalue weighted by Gasteiger charge is 2.44. The molecule has 1 N–H and O–H groups in total. The van der Waals surface area contributed by atoms with Crippen molar-refractivity contribution in [1.82, 2.24) is 0 Å². The average molecular weight is 290 g/mol. The molecule has 1 rings (SSSR count). The molecule has 0 radical (unpaired) electrons. The van der Waals surface area contributed by atoms with Gasteiger partial charge in [-0.1, -0.05) is 12.1 Å². The Labute approximate surface area is 113 Å². The second-order valence-corrected chi connectivity index (χ2v) is 4.05. The first kappa shape index (κ1) is 16.0. The molecule has 4 nitrogen and oxygen atoms in total. The summed E-state index contributed by atoms with van der Waals surface area (Å²) in [5.74, 6) is -4.97. The second-order valence-electron chi connectivity index (χ2n) is 4.05. The maximum Gasteiger partial charge on any atom is 0.402 e. The van der Waals surface area contributed by atoms with Gasteiger partial charge in [0.25, 0.3) is 0 Å². The Hall–Kier alpha value is -2.05. The van der Waals surface area contributed by atoms with Crippen LogP contribution in [0.25, 0.3) is 0 Å². The third kappa shape index (κ3) is 4.25. The fraction of sp³-hybridized carbons (Fsp3) is 0.385. The Bertz CT molecular complexity index is 479. The van der Waals surface area contributed by atoms with Crippen molar-refractivity contribution in [2.75, 3.05) is 6.61 Å². The molecule has 110 valence electrons. The van der Waals surface area contributed by atoms with Crippen LogP contribution in [0.5, 0.6) is 0 Å². The van der Waals surface area contributed by atoms with Gasteiger partial charge in [-0.05, 0) is 31.0 Å². The number of rotatable bonds is 5. The lowest BCUT2D eigenvalue weighted by molar-refractivity contribution is -0.193. The fourth-order valence-electron chi connectivity index (χ4n) is 1.57. The van der Waals surface area contributed by atoms with E-state index in [9.17, 15) is 22.8 Å². The monoisotopic (exact) mass is 290 g/mol. The quantitative estimate of drug-likeness (QED) is 0.847. The SMILES string of the molecule is CCOC(=O)c1ccc(CC(C(=O)O)C(F)(F)F)cc1. The predicted octanol–water partition coefficient (Wildman–Crippen LogP) is 2.67. The lowest BCUT2D eigenvalue weighted by atomic mass is 9.98. The van der Waals surface area contributed by atoms with Gasteiger partial charge in [0.1, 0.15) is 0 Å². The van der Waals surface area contributed by atoms with E-state index in [0.29, 0.717) is 0 Å². The second kappa shape index (κ2) is 6.40. The first-order chi connectivity index (χ1) is 9.25. The van der Waals surface area contributed by atoms with Crippen LogP contribution in [-0.4, -0.2) is 29.8 Å². The summed E-state index contributed by atoms with van der Waals surface area (Å²) in [5, 5.41) is 8.59. The minimum atomic E-state index is -4.81. The number of carbonyl (C=O) groups is 2. The Morgan fingerprint density at radius 2 is 1.80 bits per heavy atom. The maximum absolute atomic E-state index is 12.5. The third-order valence-electron chi connectivity index (χ3n) is 2.60. The van der Waals surface area contributed by atoms with Crippen LogP contribution in [0, 0.1) is 5.92 Å². The van der Waals surface area contributed by atoms with Crippen LogP contribution in [-0.2, 0) is 16.0 Å². The van der Waals surface area contributed by atoms with E-state index in [2.05, 4.69) is 0 Å². The number of alkyl halides is 3. The number of benzene rings is 1. The lowest BCUT2D eigenvalue weighted by Gasteiger charge is -2.16. The molecule has 0 aromatic heterocycles. The number of carboxylic acids is 1. The third-order valence-corrected chi connectivity index (χ3v) is 2.60. The minimum Gasteiger partial charge on any atom is -0.481 e. The summed E-state index contributed by atoms with van der Waals surface area (Å²) in [6, 6.07) is 5.19. The molecule has 0 aliphatic heterocycles. The van der Waals surface area contributed by atoms with Crippen LogP contribution in [0.2, 0.25) is 0 Å². The van der Waals surface area contributed by atoms with E-state index in [0.717, 1.165) is 0 Å². The molecular formula is C13H13F3O4. The van der Waals surface area contributed by atoms with Crippen molar-refractivity contribution < 1.29 is 32.6 Å². The zero-order chi connectivity index (χ0) is 15.3. The number of aliphatic carboxylic acids is 1. The molecule has 7 heteroatoms. The molecular weight excluding hydrogens is 277 g/mol. The van der Waals surface area contributed by atoms with Crippen LogP contribution in [0.4, 0.5) is 13.2 Å². The number of hydrogen-bond acceptors (Lipinski definition) is 3. The molecule has 1 atom stereocenters. The molecule has 0 saturated heterocycles. The Balaban J connectivity index is 2.83. The number of hydrogen-bond donors (Lipinski definition) is 1. The Kier molecular flexibility index (Phi) is 5.12. The largest absolute Gasteiger partial charge is 0.481 e. The Morgan fingerprint density at radius 3 is 2.20 bits per heavy atom. The van der Waals surface area contributed by atoms with Crippen LogP contribution in [0.1, 0.15) is 22.8 Å². The van der Waals surface area contributed by atoms with Crippen LogP contribution in [0.3, 0.4) is 0 Å². The number of esters is 1. The number of halogens is 3. The molecule has 0 aliphatic rings. The van der Waals surface area contributed by atoms with E-state index in [1.54, 1.807) is 6.92 Å². The van der Waals surface area contributed by atoms with E-state index >= 15 is 0 Å². The van der Waals surface area contributed by atoms with Crippen molar-refractivity contribution in [3.8, 4) is 0 Å². The summed E-state index contributed by atoms with van der Waals surface area (Å²) in [6.07, 6.45) is -5.49. The van der Waals surface area contributed by atoms with Crippen LogP contribution in [0.15, 0.2) is 24.3 Å². The summed E-state index contributed by atoms with van der Waals surface area (Å²) in [6.45, 7) is 1.82. The molecule has 0 heterocycles. The topological polar surface area (TPSA) is 63.6 Å². The van der Waals surface area contributed by atoms with E-state index < -0.39 is 30.5 Å². The van der Waals surface area contributed by atoms with Crippen LogP contribution >= 0.6 is 0 Å². The van der Waals surface area contributed by atoms with Crippen molar-refractivity contribution in [1.29, 1.82) is 0 Å². The number of ether oxygens (including phenoxy) is 1. The normalized spacial score (nSPS) is 12.8. The van der Waals surface area contributed by atoms with Crippen LogP contribution < -0.4 is 0 Å². The van der Waals surface area contributed by atoms with E-state index in [1.165, 1.54) is 24.3 Å². The van der Waals surface area contributed by atoms with E-state index in [1.807, 2.05) is 0 Å². The van der Waals surface area contributed by atoms with E-state index in [-0.39, 0.29) is 17.7 Å². The van der Waals surface area contributed by atoms with Gasteiger partial charge < -0.3 is 9.84 Å². The number of carbonyl (C=O) groups excluding carboxylic acids is 1. The Morgan fingerprint density at radius 1 is 1.25 bits per heavy atom. The predicted molar refractivity (Wildman–Crippen MR) is 63.3 cm³/mol. The molecule has 20 heavy (non-hydrogen) atoms. The van der Waals surface area contributed by atoms with Crippen molar-refractivity contribution in [3.63, 3.8) is 0 Å². The summed E-state index contributed by atoms with van der Waals surface area (Å²) < 4.78 is 42.3. The van der Waals surface area contributed by atoms with Gasteiger partial charge in [-0.25, -0.2) is 4.79 Å². The smallest absolute Gasteiger partial charge is 0.402 e. The van der Waals surface area contributed by atoms with E-state index in [4.69, 9.17) is 9.84 Å². The highest BCUT2D eigenvalue weighted by molar-refractivity contribution is 5.89. The summed E-state index contributed by atoms with van der Waals surface area (Å²) in [7, 11) is 0. The van der Waals surface area contributed by atoms with Gasteiger partial charge in [0.2, 0.25) is 0 Å². The average Bonchev–Trinajstić information content (AvgIpc) is 2.35. The van der Waals surface area contributed by atoms with Gasteiger partial charge in [0.05, 0.1) is 12.2 Å².